The van der Waals surface area contributed by atoms with Crippen molar-refractivity contribution < 1.29 is 13.2 Å². The molecule has 0 saturated carbocycles. The molecular weight excluding hydrogens is 292 g/mol. The summed E-state index contributed by atoms with van der Waals surface area (Å²) in [6, 6.07) is 5.26. The number of hydrogen-bond donors (Lipinski definition) is 1. The standard InChI is InChI=1S/C13H18N4O3S/c1-9-7-16(8-10(2)20-9)21(18,19)13-12(14)15-11-5-3-4-6-17(11)13/h3-6,9-10H,7-8,14H2,1-2H3/t9-,10+. The van der Waals surface area contributed by atoms with Crippen LogP contribution in [0, 0.1) is 0 Å². The maximum Gasteiger partial charge on any atom is 0.263 e. The third-order valence-electron chi connectivity index (χ3n) is 3.48. The van der Waals surface area contributed by atoms with Gasteiger partial charge in [-0.15, -0.1) is 0 Å². The zero-order chi connectivity index (χ0) is 15.2. The maximum absolute atomic E-state index is 12.9. The van der Waals surface area contributed by atoms with Gasteiger partial charge in [-0.25, -0.2) is 13.4 Å². The summed E-state index contributed by atoms with van der Waals surface area (Å²) in [5, 5.41) is 0.0272. The summed E-state index contributed by atoms with van der Waals surface area (Å²) in [6.45, 7) is 4.34. The molecule has 1 aliphatic rings. The number of nitrogen functional groups attached to an aromatic ring is 1. The third kappa shape index (κ3) is 2.39. The first-order chi connectivity index (χ1) is 9.89. The summed E-state index contributed by atoms with van der Waals surface area (Å²) >= 11 is 0. The van der Waals surface area contributed by atoms with Gasteiger partial charge in [0.25, 0.3) is 10.0 Å². The quantitative estimate of drug-likeness (QED) is 0.882. The number of fused-ring (bicyclic) bond motifs is 1. The van der Waals surface area contributed by atoms with Crippen LogP contribution >= 0.6 is 0 Å². The summed E-state index contributed by atoms with van der Waals surface area (Å²) in [5.41, 5.74) is 6.36. The summed E-state index contributed by atoms with van der Waals surface area (Å²) < 4.78 is 34.3. The number of pyridine rings is 1. The zero-order valence-electron chi connectivity index (χ0n) is 11.9. The van der Waals surface area contributed by atoms with Gasteiger partial charge in [-0.2, -0.15) is 4.31 Å². The smallest absolute Gasteiger partial charge is 0.263 e. The lowest BCUT2D eigenvalue weighted by Gasteiger charge is -2.34. The molecule has 21 heavy (non-hydrogen) atoms. The Labute approximate surface area is 123 Å². The molecule has 0 bridgehead atoms. The predicted molar refractivity (Wildman–Crippen MR) is 78.4 cm³/mol. The normalized spacial score (nSPS) is 24.5. The van der Waals surface area contributed by atoms with Crippen molar-refractivity contribution in [2.24, 2.45) is 0 Å². The van der Waals surface area contributed by atoms with E-state index in [9.17, 15) is 8.42 Å². The Hall–Kier alpha value is -1.64. The van der Waals surface area contributed by atoms with Crippen LogP contribution in [0.25, 0.3) is 5.65 Å². The molecule has 2 N–H and O–H groups in total. The second kappa shape index (κ2) is 4.97. The molecule has 1 aliphatic heterocycles. The number of rotatable bonds is 2. The molecule has 0 aliphatic carbocycles. The number of anilines is 1. The van der Waals surface area contributed by atoms with Crippen molar-refractivity contribution in [1.82, 2.24) is 13.7 Å². The number of aromatic nitrogens is 2. The van der Waals surface area contributed by atoms with Gasteiger partial charge in [0.1, 0.15) is 5.65 Å². The first kappa shape index (κ1) is 14.3. The van der Waals surface area contributed by atoms with Crippen molar-refractivity contribution in [2.75, 3.05) is 18.8 Å². The molecule has 2 aromatic rings. The minimum atomic E-state index is -3.71. The van der Waals surface area contributed by atoms with Crippen LogP contribution in [0.1, 0.15) is 13.8 Å². The van der Waals surface area contributed by atoms with E-state index < -0.39 is 10.0 Å². The van der Waals surface area contributed by atoms with Crippen molar-refractivity contribution >= 4 is 21.5 Å². The first-order valence-electron chi connectivity index (χ1n) is 6.78. The molecule has 2 atom stereocenters. The first-order valence-corrected chi connectivity index (χ1v) is 8.22. The highest BCUT2D eigenvalue weighted by Crippen LogP contribution is 2.26. The molecule has 2 aromatic heterocycles. The van der Waals surface area contributed by atoms with E-state index in [1.165, 1.54) is 8.71 Å². The molecule has 1 saturated heterocycles. The highest BCUT2D eigenvalue weighted by molar-refractivity contribution is 7.89. The lowest BCUT2D eigenvalue weighted by atomic mass is 10.3. The molecule has 0 aromatic carbocycles. The fourth-order valence-corrected chi connectivity index (χ4v) is 4.47. The van der Waals surface area contributed by atoms with E-state index >= 15 is 0 Å². The molecule has 8 heteroatoms. The second-order valence-electron chi connectivity index (χ2n) is 5.31. The summed E-state index contributed by atoms with van der Waals surface area (Å²) in [7, 11) is -3.71. The Morgan fingerprint density at radius 3 is 2.62 bits per heavy atom. The van der Waals surface area contributed by atoms with Crippen molar-refractivity contribution in [3.63, 3.8) is 0 Å². The molecular formula is C13H18N4O3S. The molecule has 0 amide bonds. The van der Waals surface area contributed by atoms with E-state index in [0.29, 0.717) is 18.7 Å². The number of nitrogens with zero attached hydrogens (tertiary/aromatic N) is 3. The van der Waals surface area contributed by atoms with Crippen molar-refractivity contribution in [2.45, 2.75) is 31.1 Å². The van der Waals surface area contributed by atoms with Gasteiger partial charge in [-0.05, 0) is 26.0 Å². The molecule has 0 spiro atoms. The number of morpholine rings is 1. The van der Waals surface area contributed by atoms with E-state index in [-0.39, 0.29) is 23.1 Å². The highest BCUT2D eigenvalue weighted by atomic mass is 32.2. The average molecular weight is 310 g/mol. The van der Waals surface area contributed by atoms with Gasteiger partial charge in [0.05, 0.1) is 12.2 Å². The minimum absolute atomic E-state index is 0.0213. The number of ether oxygens (including phenoxy) is 1. The maximum atomic E-state index is 12.9. The number of sulfonamides is 1. The second-order valence-corrected chi connectivity index (χ2v) is 7.16. The molecule has 0 unspecified atom stereocenters. The number of imidazole rings is 1. The van der Waals surface area contributed by atoms with Gasteiger partial charge >= 0.3 is 0 Å². The van der Waals surface area contributed by atoms with Gasteiger partial charge in [-0.3, -0.25) is 4.40 Å². The number of hydrogen-bond acceptors (Lipinski definition) is 5. The van der Waals surface area contributed by atoms with Crippen LogP contribution in [0.4, 0.5) is 5.82 Å². The number of nitrogens with two attached hydrogens (primary N) is 1. The third-order valence-corrected chi connectivity index (χ3v) is 5.35. The van der Waals surface area contributed by atoms with Crippen LogP contribution in [0.15, 0.2) is 29.4 Å². The van der Waals surface area contributed by atoms with E-state index in [4.69, 9.17) is 10.5 Å². The summed E-state index contributed by atoms with van der Waals surface area (Å²) in [5.74, 6) is 0.0213. The van der Waals surface area contributed by atoms with Crippen LogP contribution in [-0.2, 0) is 14.8 Å². The Morgan fingerprint density at radius 1 is 1.29 bits per heavy atom. The van der Waals surface area contributed by atoms with Crippen LogP contribution in [0.5, 0.6) is 0 Å². The molecule has 7 nitrogen and oxygen atoms in total. The van der Waals surface area contributed by atoms with E-state index in [1.54, 1.807) is 24.4 Å². The Kier molecular flexibility index (Phi) is 3.39. The van der Waals surface area contributed by atoms with Gasteiger partial charge in [0, 0.05) is 19.3 Å². The Bertz CT molecular complexity index is 761. The van der Waals surface area contributed by atoms with Crippen molar-refractivity contribution in [3.05, 3.63) is 24.4 Å². The highest BCUT2D eigenvalue weighted by Gasteiger charge is 2.35. The minimum Gasteiger partial charge on any atom is -0.381 e. The predicted octanol–water partition coefficient (Wildman–Crippen LogP) is 0.714. The Balaban J connectivity index is 2.10. The lowest BCUT2D eigenvalue weighted by molar-refractivity contribution is -0.0441. The summed E-state index contributed by atoms with van der Waals surface area (Å²) in [6.07, 6.45) is 1.35. The molecule has 0 radical (unpaired) electrons. The van der Waals surface area contributed by atoms with Crippen LogP contribution < -0.4 is 5.73 Å². The molecule has 114 valence electrons. The van der Waals surface area contributed by atoms with Crippen molar-refractivity contribution in [1.29, 1.82) is 0 Å². The fraction of sp³-hybridized carbons (Fsp3) is 0.462. The summed E-state index contributed by atoms with van der Waals surface area (Å²) in [4.78, 5) is 4.12. The van der Waals surface area contributed by atoms with E-state index in [2.05, 4.69) is 4.98 Å². The van der Waals surface area contributed by atoms with Crippen LogP contribution in [0.3, 0.4) is 0 Å². The Morgan fingerprint density at radius 2 is 1.95 bits per heavy atom. The van der Waals surface area contributed by atoms with Gasteiger partial charge in [0.2, 0.25) is 0 Å². The van der Waals surface area contributed by atoms with Crippen LogP contribution in [0.2, 0.25) is 0 Å². The van der Waals surface area contributed by atoms with E-state index in [1.807, 2.05) is 13.8 Å². The zero-order valence-corrected chi connectivity index (χ0v) is 12.7. The van der Waals surface area contributed by atoms with Crippen molar-refractivity contribution in [3.8, 4) is 0 Å². The van der Waals surface area contributed by atoms with E-state index in [0.717, 1.165) is 0 Å². The van der Waals surface area contributed by atoms with Gasteiger partial charge < -0.3 is 10.5 Å². The molecule has 3 rings (SSSR count). The van der Waals surface area contributed by atoms with Crippen LogP contribution in [-0.4, -0.2) is 47.4 Å². The van der Waals surface area contributed by atoms with Gasteiger partial charge in [-0.1, -0.05) is 6.07 Å². The topological polar surface area (TPSA) is 89.9 Å². The monoisotopic (exact) mass is 310 g/mol. The fourth-order valence-electron chi connectivity index (χ4n) is 2.70. The average Bonchev–Trinajstić information content (AvgIpc) is 2.73. The lowest BCUT2D eigenvalue weighted by Crippen LogP contribution is -2.48. The molecule has 3 heterocycles. The SMILES string of the molecule is C[C@@H]1CN(S(=O)(=O)c2c(N)nc3ccccn23)C[C@H](C)O1. The largest absolute Gasteiger partial charge is 0.381 e. The van der Waals surface area contributed by atoms with Gasteiger partial charge in [0.15, 0.2) is 10.8 Å². The molecule has 1 fully saturated rings.